The minimum absolute atomic E-state index is 0.0875. The molecule has 2 aromatic rings. The van der Waals surface area contributed by atoms with E-state index in [1.165, 1.54) is 12.8 Å². The number of likely N-dealkylation sites (tertiary alicyclic amines) is 1. The standard InChI is InChI=1S/C32H35N3O7/c1-34(2)22-14-20(17-7-5-16(6-8-17)15-35-9-3-4-10-35)27(37)25-21(22)12-18-11-19-13-23(36)26(31(33)41)30(40)32(19,42)29(39)24(18)28(25)38/h5-8,14,18-19,37-38,40,42H,3-4,9-13,15H2,1-2H3,(H2,33,41)/t18-,19+,32+/m1/s1. The average molecular weight is 574 g/mol. The molecule has 2 aromatic carbocycles. The maximum atomic E-state index is 13.9. The van der Waals surface area contributed by atoms with Gasteiger partial charge in [-0.05, 0) is 67.4 Å². The predicted molar refractivity (Wildman–Crippen MR) is 156 cm³/mol. The van der Waals surface area contributed by atoms with Crippen molar-refractivity contribution in [2.24, 2.45) is 17.6 Å². The van der Waals surface area contributed by atoms with E-state index in [1.807, 2.05) is 49.3 Å². The van der Waals surface area contributed by atoms with Crippen LogP contribution in [0.25, 0.3) is 16.9 Å². The zero-order chi connectivity index (χ0) is 30.1. The normalized spacial score (nSPS) is 25.8. The van der Waals surface area contributed by atoms with Crippen LogP contribution in [0.3, 0.4) is 0 Å². The van der Waals surface area contributed by atoms with Gasteiger partial charge in [0.15, 0.2) is 11.4 Å². The monoisotopic (exact) mass is 573 g/mol. The molecule has 0 unspecified atom stereocenters. The maximum absolute atomic E-state index is 13.9. The summed E-state index contributed by atoms with van der Waals surface area (Å²) in [7, 11) is 3.70. The molecule has 3 aliphatic carbocycles. The minimum atomic E-state index is -2.58. The van der Waals surface area contributed by atoms with Crippen LogP contribution < -0.4 is 10.6 Å². The lowest BCUT2D eigenvalue weighted by Gasteiger charge is -2.46. The van der Waals surface area contributed by atoms with E-state index in [4.69, 9.17) is 5.73 Å². The summed E-state index contributed by atoms with van der Waals surface area (Å²) in [4.78, 5) is 42.6. The summed E-state index contributed by atoms with van der Waals surface area (Å²) in [6.07, 6.45) is 2.41. The first-order valence-corrected chi connectivity index (χ1v) is 14.3. The van der Waals surface area contributed by atoms with Gasteiger partial charge in [0.2, 0.25) is 5.78 Å². The first-order valence-electron chi connectivity index (χ1n) is 14.3. The van der Waals surface area contributed by atoms with Gasteiger partial charge >= 0.3 is 0 Å². The number of fused-ring (bicyclic) bond motifs is 3. The Kier molecular flexibility index (Phi) is 6.66. The Morgan fingerprint density at radius 1 is 1.07 bits per heavy atom. The number of primary amides is 1. The van der Waals surface area contributed by atoms with Gasteiger partial charge in [0.1, 0.15) is 22.8 Å². The van der Waals surface area contributed by atoms with E-state index in [0.717, 1.165) is 36.4 Å². The Hall–Kier alpha value is -4.15. The number of nitrogens with zero attached hydrogens (tertiary/aromatic N) is 2. The highest BCUT2D eigenvalue weighted by molar-refractivity contribution is 6.22. The molecule has 1 aliphatic heterocycles. The zero-order valence-corrected chi connectivity index (χ0v) is 23.7. The van der Waals surface area contributed by atoms with Gasteiger partial charge in [-0.3, -0.25) is 19.3 Å². The number of benzene rings is 2. The number of phenols is 1. The van der Waals surface area contributed by atoms with Crippen molar-refractivity contribution < 1.29 is 34.8 Å². The lowest BCUT2D eigenvalue weighted by Crippen LogP contribution is -2.58. The highest BCUT2D eigenvalue weighted by Crippen LogP contribution is 2.54. The lowest BCUT2D eigenvalue weighted by molar-refractivity contribution is -0.147. The van der Waals surface area contributed by atoms with Crippen LogP contribution in [0.5, 0.6) is 5.75 Å². The summed E-state index contributed by atoms with van der Waals surface area (Å²) in [6, 6.07) is 9.75. The van der Waals surface area contributed by atoms with Crippen molar-refractivity contribution >= 4 is 28.9 Å². The first kappa shape index (κ1) is 28.0. The molecule has 1 heterocycles. The average Bonchev–Trinajstić information content (AvgIpc) is 3.44. The van der Waals surface area contributed by atoms with Gasteiger partial charge in [-0.1, -0.05) is 24.3 Å². The molecule has 0 spiro atoms. The van der Waals surface area contributed by atoms with Crippen LogP contribution in [0.4, 0.5) is 5.69 Å². The Morgan fingerprint density at radius 3 is 2.36 bits per heavy atom. The van der Waals surface area contributed by atoms with E-state index < -0.39 is 52.0 Å². The minimum Gasteiger partial charge on any atom is -0.508 e. The largest absolute Gasteiger partial charge is 0.508 e. The molecule has 4 aliphatic rings. The number of nitrogens with two attached hydrogens (primary N) is 1. The highest BCUT2D eigenvalue weighted by Gasteiger charge is 2.60. The number of carbonyl (C=O) groups is 3. The summed E-state index contributed by atoms with van der Waals surface area (Å²) in [5.41, 5.74) is 5.57. The fourth-order valence-electron chi connectivity index (χ4n) is 7.28. The number of anilines is 1. The number of rotatable bonds is 5. The molecular weight excluding hydrogens is 538 g/mol. The van der Waals surface area contributed by atoms with E-state index in [2.05, 4.69) is 4.90 Å². The Morgan fingerprint density at radius 2 is 1.74 bits per heavy atom. The second-order valence-electron chi connectivity index (χ2n) is 12.1. The van der Waals surface area contributed by atoms with Gasteiger partial charge in [-0.25, -0.2) is 0 Å². The first-order chi connectivity index (χ1) is 19.9. The molecule has 3 atom stereocenters. The summed E-state index contributed by atoms with van der Waals surface area (Å²) >= 11 is 0. The van der Waals surface area contributed by atoms with Gasteiger partial charge in [0, 0.05) is 49.8 Å². The molecule has 2 fully saturated rings. The van der Waals surface area contributed by atoms with Crippen LogP contribution in [0, 0.1) is 11.8 Å². The van der Waals surface area contributed by atoms with Gasteiger partial charge in [-0.15, -0.1) is 0 Å². The number of hydrogen-bond acceptors (Lipinski definition) is 9. The molecule has 10 nitrogen and oxygen atoms in total. The van der Waals surface area contributed by atoms with Crippen molar-refractivity contribution in [1.82, 2.24) is 4.90 Å². The summed E-state index contributed by atoms with van der Waals surface area (Å²) in [6.45, 7) is 3.01. The lowest BCUT2D eigenvalue weighted by atomic mass is 9.59. The number of aliphatic hydroxyl groups excluding tert-OH is 2. The number of amides is 1. The smallest absolute Gasteiger partial charge is 0.255 e. The van der Waals surface area contributed by atoms with Crippen molar-refractivity contribution in [2.45, 2.75) is 44.2 Å². The fraction of sp³-hybridized carbons (Fsp3) is 0.406. The number of ketones is 2. The maximum Gasteiger partial charge on any atom is 0.255 e. The number of phenolic OH excluding ortho intramolecular Hbond substituents is 1. The third-order valence-electron chi connectivity index (χ3n) is 9.39. The van der Waals surface area contributed by atoms with Gasteiger partial charge < -0.3 is 31.1 Å². The van der Waals surface area contributed by atoms with Crippen molar-refractivity contribution in [3.63, 3.8) is 0 Å². The molecular formula is C32H35N3O7. The number of Topliss-reactive ketones (excluding diaryl/α,β-unsaturated/α-hetero) is 2. The fourth-order valence-corrected chi connectivity index (χ4v) is 7.28. The molecule has 0 radical (unpaired) electrons. The van der Waals surface area contributed by atoms with Crippen LogP contribution in [0.15, 0.2) is 47.2 Å². The van der Waals surface area contributed by atoms with Gasteiger partial charge in [0.05, 0.1) is 5.56 Å². The van der Waals surface area contributed by atoms with E-state index in [9.17, 15) is 34.8 Å². The molecule has 1 amide bonds. The quantitative estimate of drug-likeness (QED) is 0.338. The number of carbonyl (C=O) groups excluding carboxylic acids is 3. The SMILES string of the molecule is CN(C)c1cc(-c2ccc(CN3CCCC3)cc2)c(O)c2c1C[C@H]1C[C@H]3CC(=O)C(C(N)=O)=C(O)[C@@]3(O)C(=O)C1=C2O. The van der Waals surface area contributed by atoms with Gasteiger partial charge in [0.25, 0.3) is 5.91 Å². The second kappa shape index (κ2) is 9.99. The molecule has 0 aromatic heterocycles. The topological polar surface area (TPSA) is 165 Å². The number of aliphatic hydroxyl groups is 3. The molecule has 0 bridgehead atoms. The molecule has 1 saturated heterocycles. The summed E-state index contributed by atoms with van der Waals surface area (Å²) in [5.74, 6) is -6.33. The molecule has 6 rings (SSSR count). The molecule has 1 saturated carbocycles. The second-order valence-corrected chi connectivity index (χ2v) is 12.1. The van der Waals surface area contributed by atoms with Crippen molar-refractivity contribution in [1.29, 1.82) is 0 Å². The van der Waals surface area contributed by atoms with Crippen LogP contribution in [0.1, 0.15) is 42.4 Å². The van der Waals surface area contributed by atoms with E-state index in [1.54, 1.807) is 0 Å². The van der Waals surface area contributed by atoms with Crippen molar-refractivity contribution in [3.05, 3.63) is 63.9 Å². The van der Waals surface area contributed by atoms with E-state index in [0.29, 0.717) is 11.1 Å². The van der Waals surface area contributed by atoms with E-state index >= 15 is 0 Å². The van der Waals surface area contributed by atoms with Crippen LogP contribution >= 0.6 is 0 Å². The van der Waals surface area contributed by atoms with Gasteiger partial charge in [-0.2, -0.15) is 0 Å². The Balaban J connectivity index is 1.46. The van der Waals surface area contributed by atoms with E-state index in [-0.39, 0.29) is 36.1 Å². The number of hydrogen-bond donors (Lipinski definition) is 5. The third kappa shape index (κ3) is 4.12. The van der Waals surface area contributed by atoms with Crippen LogP contribution in [-0.4, -0.2) is 75.6 Å². The summed E-state index contributed by atoms with van der Waals surface area (Å²) in [5, 5.41) is 45.5. The Bertz CT molecular complexity index is 1580. The number of aromatic hydroxyl groups is 1. The van der Waals surface area contributed by atoms with Crippen LogP contribution in [0.2, 0.25) is 0 Å². The highest BCUT2D eigenvalue weighted by atomic mass is 16.3. The Labute approximate surface area is 243 Å². The zero-order valence-electron chi connectivity index (χ0n) is 23.7. The predicted octanol–water partition coefficient (Wildman–Crippen LogP) is 2.75. The van der Waals surface area contributed by atoms with Crippen LogP contribution in [-0.2, 0) is 27.3 Å². The molecule has 42 heavy (non-hydrogen) atoms. The summed E-state index contributed by atoms with van der Waals surface area (Å²) < 4.78 is 0. The van der Waals surface area contributed by atoms with Crippen molar-refractivity contribution in [2.75, 3.05) is 32.1 Å². The third-order valence-corrected chi connectivity index (χ3v) is 9.39. The molecule has 6 N–H and O–H groups in total. The van der Waals surface area contributed by atoms with Crippen molar-refractivity contribution in [3.8, 4) is 16.9 Å². The molecule has 220 valence electrons. The molecule has 10 heteroatoms.